The van der Waals surface area contributed by atoms with Gasteiger partial charge in [0, 0.05) is 11.1 Å². The van der Waals surface area contributed by atoms with E-state index in [-0.39, 0.29) is 0 Å². The lowest BCUT2D eigenvalue weighted by molar-refractivity contribution is 0.381. The molecule has 0 aromatic heterocycles. The summed E-state index contributed by atoms with van der Waals surface area (Å²) in [5.41, 5.74) is -0.489. The van der Waals surface area contributed by atoms with E-state index in [0.717, 1.165) is 0 Å². The van der Waals surface area contributed by atoms with Crippen molar-refractivity contribution in [2.24, 2.45) is 0 Å². The molecule has 0 fully saturated rings. The molecule has 0 aliphatic carbocycles. The van der Waals surface area contributed by atoms with E-state index in [1.807, 2.05) is 0 Å². The van der Waals surface area contributed by atoms with Gasteiger partial charge in [-0.1, -0.05) is 23.7 Å². The van der Waals surface area contributed by atoms with Crippen molar-refractivity contribution in [2.75, 3.05) is 5.32 Å². The molecule has 0 amide bonds. The van der Waals surface area contributed by atoms with Crippen molar-refractivity contribution in [1.29, 1.82) is 0 Å². The zero-order valence-corrected chi connectivity index (χ0v) is 11.4. The normalized spacial score (nSPS) is 12.3. The standard InChI is InChI=1S/C14H9ClF5N/c1-6(7-2-4-8(15)5-3-7)21-14-12(19)10(17)9(16)11(18)13(14)20/h2-6,21H,1H3. The zero-order chi connectivity index (χ0) is 15.7. The van der Waals surface area contributed by atoms with Gasteiger partial charge in [0.2, 0.25) is 5.82 Å². The number of nitrogens with one attached hydrogen (secondary N) is 1. The maximum absolute atomic E-state index is 13.5. The Morgan fingerprint density at radius 3 is 1.71 bits per heavy atom. The van der Waals surface area contributed by atoms with Gasteiger partial charge in [0.05, 0.1) is 0 Å². The fourth-order valence-electron chi connectivity index (χ4n) is 1.78. The molecule has 0 saturated carbocycles. The summed E-state index contributed by atoms with van der Waals surface area (Å²) in [5, 5.41) is 2.74. The summed E-state index contributed by atoms with van der Waals surface area (Å²) < 4.78 is 66.2. The maximum atomic E-state index is 13.5. The van der Waals surface area contributed by atoms with Crippen LogP contribution in [0.4, 0.5) is 27.6 Å². The van der Waals surface area contributed by atoms with Crippen molar-refractivity contribution in [2.45, 2.75) is 13.0 Å². The molecule has 2 rings (SSSR count). The molecular formula is C14H9ClF5N. The second-order valence-corrected chi connectivity index (χ2v) is 4.80. The van der Waals surface area contributed by atoms with Gasteiger partial charge in [0.25, 0.3) is 0 Å². The van der Waals surface area contributed by atoms with E-state index in [4.69, 9.17) is 11.6 Å². The lowest BCUT2D eigenvalue weighted by Crippen LogP contribution is -2.13. The Bertz CT molecular complexity index is 643. The number of hydrogen-bond donors (Lipinski definition) is 1. The summed E-state index contributed by atoms with van der Waals surface area (Å²) in [6.45, 7) is 1.52. The highest BCUT2D eigenvalue weighted by Crippen LogP contribution is 2.30. The Morgan fingerprint density at radius 2 is 1.24 bits per heavy atom. The van der Waals surface area contributed by atoms with Crippen LogP contribution in [0.25, 0.3) is 0 Å². The molecule has 21 heavy (non-hydrogen) atoms. The Labute approximate surface area is 122 Å². The molecule has 1 nitrogen and oxygen atoms in total. The van der Waals surface area contributed by atoms with Crippen molar-refractivity contribution in [3.8, 4) is 0 Å². The third-order valence-electron chi connectivity index (χ3n) is 2.94. The second-order valence-electron chi connectivity index (χ2n) is 4.36. The number of halogens is 6. The van der Waals surface area contributed by atoms with E-state index < -0.39 is 40.8 Å². The predicted octanol–water partition coefficient (Wildman–Crippen LogP) is 5.21. The smallest absolute Gasteiger partial charge is 0.200 e. The van der Waals surface area contributed by atoms with Crippen LogP contribution in [0.2, 0.25) is 5.02 Å². The van der Waals surface area contributed by atoms with Crippen LogP contribution in [0.3, 0.4) is 0 Å². The fourth-order valence-corrected chi connectivity index (χ4v) is 1.91. The third-order valence-corrected chi connectivity index (χ3v) is 3.19. The molecule has 0 saturated heterocycles. The fraction of sp³-hybridized carbons (Fsp3) is 0.143. The summed E-state index contributed by atoms with van der Waals surface area (Å²) in [4.78, 5) is 0. The van der Waals surface area contributed by atoms with E-state index in [0.29, 0.717) is 10.6 Å². The van der Waals surface area contributed by atoms with Crippen molar-refractivity contribution in [3.05, 3.63) is 63.9 Å². The first-order valence-electron chi connectivity index (χ1n) is 5.86. The van der Waals surface area contributed by atoms with Gasteiger partial charge in [-0.15, -0.1) is 0 Å². The largest absolute Gasteiger partial charge is 0.374 e. The third kappa shape index (κ3) is 2.95. The van der Waals surface area contributed by atoms with Gasteiger partial charge in [-0.2, -0.15) is 0 Å². The van der Waals surface area contributed by atoms with Gasteiger partial charge in [0.1, 0.15) is 5.69 Å². The van der Waals surface area contributed by atoms with Crippen molar-refractivity contribution >= 4 is 17.3 Å². The van der Waals surface area contributed by atoms with Crippen LogP contribution in [-0.2, 0) is 0 Å². The van der Waals surface area contributed by atoms with Crippen LogP contribution in [0.5, 0.6) is 0 Å². The number of hydrogen-bond acceptors (Lipinski definition) is 1. The summed E-state index contributed by atoms with van der Waals surface area (Å²) >= 11 is 5.70. The monoisotopic (exact) mass is 321 g/mol. The molecule has 0 heterocycles. The van der Waals surface area contributed by atoms with Gasteiger partial charge >= 0.3 is 0 Å². The molecule has 112 valence electrons. The van der Waals surface area contributed by atoms with Gasteiger partial charge in [0.15, 0.2) is 23.3 Å². The molecule has 0 aliphatic heterocycles. The average Bonchev–Trinajstić information content (AvgIpc) is 2.48. The highest BCUT2D eigenvalue weighted by molar-refractivity contribution is 6.30. The summed E-state index contributed by atoms with van der Waals surface area (Å²) in [5.74, 6) is -9.95. The van der Waals surface area contributed by atoms with E-state index in [9.17, 15) is 22.0 Å². The number of benzene rings is 2. The van der Waals surface area contributed by atoms with Gasteiger partial charge in [-0.05, 0) is 24.6 Å². The number of rotatable bonds is 3. The maximum Gasteiger partial charge on any atom is 0.200 e. The van der Waals surface area contributed by atoms with E-state index in [1.165, 1.54) is 6.92 Å². The Morgan fingerprint density at radius 1 is 0.810 bits per heavy atom. The van der Waals surface area contributed by atoms with Gasteiger partial charge in [-0.3, -0.25) is 0 Å². The second kappa shape index (κ2) is 5.89. The van der Waals surface area contributed by atoms with Crippen LogP contribution in [0.1, 0.15) is 18.5 Å². The van der Waals surface area contributed by atoms with Crippen LogP contribution in [0, 0.1) is 29.1 Å². The Hall–Kier alpha value is -1.82. The molecular weight excluding hydrogens is 313 g/mol. The van der Waals surface area contributed by atoms with Crippen LogP contribution >= 0.6 is 11.6 Å². The highest BCUT2D eigenvalue weighted by atomic mass is 35.5. The first kappa shape index (κ1) is 15.6. The Kier molecular flexibility index (Phi) is 4.37. The molecule has 1 unspecified atom stereocenters. The minimum absolute atomic E-state index is 0.460. The number of anilines is 1. The van der Waals surface area contributed by atoms with Crippen LogP contribution in [0.15, 0.2) is 24.3 Å². The van der Waals surface area contributed by atoms with E-state index in [1.54, 1.807) is 24.3 Å². The molecule has 7 heteroatoms. The topological polar surface area (TPSA) is 12.0 Å². The van der Waals surface area contributed by atoms with E-state index >= 15 is 0 Å². The Balaban J connectivity index is 2.37. The first-order valence-corrected chi connectivity index (χ1v) is 6.24. The SMILES string of the molecule is CC(Nc1c(F)c(F)c(F)c(F)c1F)c1ccc(Cl)cc1. The molecule has 1 atom stereocenters. The zero-order valence-electron chi connectivity index (χ0n) is 10.7. The van der Waals surface area contributed by atoms with E-state index in [2.05, 4.69) is 5.32 Å². The quantitative estimate of drug-likeness (QED) is 0.465. The van der Waals surface area contributed by atoms with Crippen molar-refractivity contribution < 1.29 is 22.0 Å². The minimum atomic E-state index is -2.19. The first-order chi connectivity index (χ1) is 9.82. The summed E-state index contributed by atoms with van der Waals surface area (Å²) in [6.07, 6.45) is 0. The van der Waals surface area contributed by atoms with Gasteiger partial charge < -0.3 is 5.32 Å². The molecule has 0 bridgehead atoms. The average molecular weight is 322 g/mol. The van der Waals surface area contributed by atoms with Crippen molar-refractivity contribution in [1.82, 2.24) is 0 Å². The van der Waals surface area contributed by atoms with Crippen molar-refractivity contribution in [3.63, 3.8) is 0 Å². The molecule has 0 aliphatic rings. The van der Waals surface area contributed by atoms with Crippen LogP contribution < -0.4 is 5.32 Å². The lowest BCUT2D eigenvalue weighted by atomic mass is 10.1. The predicted molar refractivity (Wildman–Crippen MR) is 69.7 cm³/mol. The van der Waals surface area contributed by atoms with Gasteiger partial charge in [-0.25, -0.2) is 22.0 Å². The molecule has 2 aromatic rings. The molecule has 0 spiro atoms. The minimum Gasteiger partial charge on any atom is -0.374 e. The molecule has 2 aromatic carbocycles. The highest BCUT2D eigenvalue weighted by Gasteiger charge is 2.26. The molecule has 1 N–H and O–H groups in total. The summed E-state index contributed by atoms with van der Waals surface area (Å²) in [6, 6.07) is 5.56. The lowest BCUT2D eigenvalue weighted by Gasteiger charge is -2.17. The summed E-state index contributed by atoms with van der Waals surface area (Å²) in [7, 11) is 0. The molecule has 0 radical (unpaired) electrons. The van der Waals surface area contributed by atoms with Crippen LogP contribution in [-0.4, -0.2) is 0 Å².